The lowest BCUT2D eigenvalue weighted by Crippen LogP contribution is -2.13. The standard InChI is InChI=1S/C34H36N8O2/c1-6-28-27(18-35)34(26-16-31(32(44-7-2)17-30(26)38-28)39-33(43)9-8-14-41(4)5)37-25-12-13-29-24(15-25)21-42(40-29)20-23-11-10-22(3)36-19-23/h8-13,15-17,19,21H,6-7,14,20H2,1-5H3,(H,37,38)(H,39,43)/b9-8+. The van der Waals surface area contributed by atoms with Gasteiger partial charge in [0.25, 0.3) is 0 Å². The average Bonchev–Trinajstić information content (AvgIpc) is 3.40. The van der Waals surface area contributed by atoms with Gasteiger partial charge in [0.15, 0.2) is 0 Å². The van der Waals surface area contributed by atoms with Crippen molar-refractivity contribution in [3.05, 3.63) is 89.5 Å². The quantitative estimate of drug-likeness (QED) is 0.181. The number of pyridine rings is 2. The van der Waals surface area contributed by atoms with Crippen molar-refractivity contribution in [3.8, 4) is 11.8 Å². The van der Waals surface area contributed by atoms with E-state index in [1.54, 1.807) is 6.08 Å². The highest BCUT2D eigenvalue weighted by molar-refractivity contribution is 6.05. The molecule has 0 aliphatic rings. The Morgan fingerprint density at radius 3 is 2.68 bits per heavy atom. The van der Waals surface area contributed by atoms with Crippen molar-refractivity contribution in [2.45, 2.75) is 33.7 Å². The highest BCUT2D eigenvalue weighted by Gasteiger charge is 2.19. The summed E-state index contributed by atoms with van der Waals surface area (Å²) in [4.78, 5) is 23.9. The van der Waals surface area contributed by atoms with Crippen molar-refractivity contribution < 1.29 is 9.53 Å². The maximum absolute atomic E-state index is 12.8. The number of anilines is 3. The molecule has 0 spiro atoms. The van der Waals surface area contributed by atoms with E-state index in [9.17, 15) is 10.1 Å². The number of nitrogens with one attached hydrogen (secondary N) is 2. The average molecular weight is 589 g/mol. The van der Waals surface area contributed by atoms with E-state index in [4.69, 9.17) is 14.8 Å². The SMILES string of the molecule is CCOc1cc2nc(CC)c(C#N)c(Nc3ccc4nn(Cc5ccc(C)nc5)cc4c3)c2cc1NC(=O)/C=C/CN(C)C. The van der Waals surface area contributed by atoms with Crippen LogP contribution in [-0.4, -0.2) is 57.8 Å². The van der Waals surface area contributed by atoms with Gasteiger partial charge in [-0.3, -0.25) is 19.4 Å². The molecule has 3 heterocycles. The third-order valence-electron chi connectivity index (χ3n) is 7.04. The predicted molar refractivity (Wildman–Crippen MR) is 174 cm³/mol. The molecular weight excluding hydrogens is 552 g/mol. The maximum atomic E-state index is 12.8. The Labute approximate surface area is 257 Å². The first kappa shape index (κ1) is 30.2. The Hall–Kier alpha value is -5.27. The summed E-state index contributed by atoms with van der Waals surface area (Å²) in [5.74, 6) is 0.237. The summed E-state index contributed by atoms with van der Waals surface area (Å²) in [7, 11) is 3.87. The molecule has 0 bridgehead atoms. The molecule has 0 unspecified atom stereocenters. The van der Waals surface area contributed by atoms with Crippen LogP contribution in [0, 0.1) is 18.3 Å². The van der Waals surface area contributed by atoms with Crippen LogP contribution in [0.4, 0.5) is 17.1 Å². The molecule has 10 nitrogen and oxygen atoms in total. The molecule has 224 valence electrons. The third-order valence-corrected chi connectivity index (χ3v) is 7.04. The number of carbonyl (C=O) groups is 1. The van der Waals surface area contributed by atoms with Crippen molar-refractivity contribution in [1.29, 1.82) is 5.26 Å². The van der Waals surface area contributed by atoms with Crippen LogP contribution in [0.2, 0.25) is 0 Å². The van der Waals surface area contributed by atoms with Crippen molar-refractivity contribution >= 4 is 44.8 Å². The highest BCUT2D eigenvalue weighted by atomic mass is 16.5. The molecule has 3 aromatic heterocycles. The number of likely N-dealkylation sites (N-methyl/N-ethyl adjacent to an activating group) is 1. The van der Waals surface area contributed by atoms with Gasteiger partial charge in [0.05, 0.1) is 46.8 Å². The van der Waals surface area contributed by atoms with Crippen LogP contribution in [0.15, 0.2) is 67.0 Å². The number of amides is 1. The molecule has 44 heavy (non-hydrogen) atoms. The lowest BCUT2D eigenvalue weighted by molar-refractivity contribution is -0.111. The number of fused-ring (bicyclic) bond motifs is 2. The summed E-state index contributed by atoms with van der Waals surface area (Å²) in [5.41, 5.74) is 6.61. The van der Waals surface area contributed by atoms with Gasteiger partial charge in [0.1, 0.15) is 11.8 Å². The fraction of sp³-hybridized carbons (Fsp3) is 0.265. The summed E-state index contributed by atoms with van der Waals surface area (Å²) < 4.78 is 7.79. The minimum Gasteiger partial charge on any atom is -0.492 e. The number of nitrogens with zero attached hydrogens (tertiary/aromatic N) is 6. The highest BCUT2D eigenvalue weighted by Crippen LogP contribution is 2.38. The molecule has 5 aromatic rings. The Bertz CT molecular complexity index is 1880. The number of nitriles is 1. The minimum atomic E-state index is -0.274. The summed E-state index contributed by atoms with van der Waals surface area (Å²) in [6.07, 6.45) is 7.74. The number of ether oxygens (including phenoxy) is 1. The van der Waals surface area contributed by atoms with Crippen LogP contribution < -0.4 is 15.4 Å². The molecule has 5 rings (SSSR count). The third kappa shape index (κ3) is 6.85. The van der Waals surface area contributed by atoms with Gasteiger partial charge in [0, 0.05) is 53.2 Å². The summed E-state index contributed by atoms with van der Waals surface area (Å²) in [6.45, 7) is 7.49. The number of hydrogen-bond acceptors (Lipinski definition) is 8. The first-order valence-electron chi connectivity index (χ1n) is 14.6. The van der Waals surface area contributed by atoms with Gasteiger partial charge in [0.2, 0.25) is 5.91 Å². The monoisotopic (exact) mass is 588 g/mol. The molecule has 10 heteroatoms. The first-order valence-corrected chi connectivity index (χ1v) is 14.6. The van der Waals surface area contributed by atoms with E-state index in [0.29, 0.717) is 65.4 Å². The number of carbonyl (C=O) groups excluding carboxylic acids is 1. The molecule has 0 aliphatic carbocycles. The lowest BCUT2D eigenvalue weighted by atomic mass is 10.0. The normalized spacial score (nSPS) is 11.4. The zero-order valence-electron chi connectivity index (χ0n) is 25.7. The Kier molecular flexibility index (Phi) is 9.17. The number of rotatable bonds is 11. The van der Waals surface area contributed by atoms with E-state index in [1.807, 2.05) is 93.2 Å². The van der Waals surface area contributed by atoms with E-state index < -0.39 is 0 Å². The molecule has 1 amide bonds. The van der Waals surface area contributed by atoms with Gasteiger partial charge in [-0.15, -0.1) is 0 Å². The molecule has 0 saturated carbocycles. The second-order valence-corrected chi connectivity index (χ2v) is 10.8. The number of aromatic nitrogens is 4. The van der Waals surface area contributed by atoms with Crippen LogP contribution in [0.1, 0.15) is 36.4 Å². The van der Waals surface area contributed by atoms with Crippen molar-refractivity contribution in [3.63, 3.8) is 0 Å². The molecule has 0 radical (unpaired) electrons. The van der Waals surface area contributed by atoms with E-state index >= 15 is 0 Å². The van der Waals surface area contributed by atoms with E-state index in [1.165, 1.54) is 6.08 Å². The fourth-order valence-corrected chi connectivity index (χ4v) is 4.92. The molecular formula is C34H36N8O2. The van der Waals surface area contributed by atoms with Crippen LogP contribution >= 0.6 is 0 Å². The van der Waals surface area contributed by atoms with Crippen molar-refractivity contribution in [2.24, 2.45) is 0 Å². The summed E-state index contributed by atoms with van der Waals surface area (Å²) in [6, 6.07) is 15.9. The van der Waals surface area contributed by atoms with Gasteiger partial charge in [-0.2, -0.15) is 10.4 Å². The number of hydrogen-bond donors (Lipinski definition) is 2. The van der Waals surface area contributed by atoms with E-state index in [0.717, 1.165) is 27.8 Å². The zero-order valence-corrected chi connectivity index (χ0v) is 25.7. The van der Waals surface area contributed by atoms with Gasteiger partial charge >= 0.3 is 0 Å². The van der Waals surface area contributed by atoms with Crippen LogP contribution in [-0.2, 0) is 17.8 Å². The Balaban J connectivity index is 1.53. The van der Waals surface area contributed by atoms with Gasteiger partial charge in [-0.25, -0.2) is 0 Å². The smallest absolute Gasteiger partial charge is 0.248 e. The zero-order chi connectivity index (χ0) is 31.2. The Morgan fingerprint density at radius 1 is 1.14 bits per heavy atom. The molecule has 0 aliphatic heterocycles. The molecule has 0 atom stereocenters. The van der Waals surface area contributed by atoms with Gasteiger partial charge in [-0.05, 0) is 70.3 Å². The predicted octanol–water partition coefficient (Wildman–Crippen LogP) is 5.97. The topological polar surface area (TPSA) is 121 Å². The second-order valence-electron chi connectivity index (χ2n) is 10.8. The maximum Gasteiger partial charge on any atom is 0.248 e. The van der Waals surface area contributed by atoms with Crippen LogP contribution in [0.5, 0.6) is 5.75 Å². The van der Waals surface area contributed by atoms with E-state index in [-0.39, 0.29) is 5.91 Å². The van der Waals surface area contributed by atoms with Gasteiger partial charge < -0.3 is 20.3 Å². The molecule has 0 fully saturated rings. The fourth-order valence-electron chi connectivity index (χ4n) is 4.92. The van der Waals surface area contributed by atoms with E-state index in [2.05, 4.69) is 27.8 Å². The minimum absolute atomic E-state index is 0.274. The first-order chi connectivity index (χ1) is 21.3. The molecule has 2 N–H and O–H groups in total. The number of aryl methyl sites for hydroxylation is 2. The lowest BCUT2D eigenvalue weighted by Gasteiger charge is -2.17. The molecule has 0 saturated heterocycles. The largest absolute Gasteiger partial charge is 0.492 e. The number of benzene rings is 2. The van der Waals surface area contributed by atoms with Crippen LogP contribution in [0.25, 0.3) is 21.8 Å². The van der Waals surface area contributed by atoms with Crippen molar-refractivity contribution in [1.82, 2.24) is 24.6 Å². The molecule has 2 aromatic carbocycles. The van der Waals surface area contributed by atoms with Gasteiger partial charge in [-0.1, -0.05) is 19.1 Å². The second kappa shape index (κ2) is 13.4. The van der Waals surface area contributed by atoms with Crippen molar-refractivity contribution in [2.75, 3.05) is 37.9 Å². The Morgan fingerprint density at radius 2 is 1.98 bits per heavy atom. The summed E-state index contributed by atoms with van der Waals surface area (Å²) >= 11 is 0. The van der Waals surface area contributed by atoms with Crippen LogP contribution in [0.3, 0.4) is 0 Å². The summed E-state index contributed by atoms with van der Waals surface area (Å²) in [5, 5.41) is 23.1.